The molecule has 2 N–H and O–H groups in total. The van der Waals surface area contributed by atoms with Crippen LogP contribution in [0.1, 0.15) is 32.8 Å². The minimum absolute atomic E-state index is 0.136. The van der Waals surface area contributed by atoms with Crippen LogP contribution < -0.4 is 15.4 Å². The van der Waals surface area contributed by atoms with Crippen LogP contribution in [0.15, 0.2) is 36.4 Å². The highest BCUT2D eigenvalue weighted by Crippen LogP contribution is 2.31. The van der Waals surface area contributed by atoms with Gasteiger partial charge in [-0.1, -0.05) is 18.2 Å². The summed E-state index contributed by atoms with van der Waals surface area (Å²) < 4.78 is 10.7. The fraction of sp³-hybridized carbons (Fsp3) is 0.435. The molecule has 2 aromatic carbocycles. The lowest BCUT2D eigenvalue weighted by atomic mass is 9.90. The summed E-state index contributed by atoms with van der Waals surface area (Å²) in [5.74, 6) is -0.101. The minimum atomic E-state index is -1.24. The van der Waals surface area contributed by atoms with Crippen molar-refractivity contribution >= 4 is 28.6 Å². The highest BCUT2D eigenvalue weighted by molar-refractivity contribution is 6.09. The molecular formula is C23H29N3O5. The van der Waals surface area contributed by atoms with Gasteiger partial charge in [0.2, 0.25) is 5.91 Å². The lowest BCUT2D eigenvalue weighted by Gasteiger charge is -2.22. The lowest BCUT2D eigenvalue weighted by molar-refractivity contribution is -0.134. The summed E-state index contributed by atoms with van der Waals surface area (Å²) in [4.78, 5) is 38.8. The van der Waals surface area contributed by atoms with Gasteiger partial charge in [0.05, 0.1) is 13.2 Å². The van der Waals surface area contributed by atoms with Crippen molar-refractivity contribution in [2.24, 2.45) is 0 Å². The number of benzene rings is 2. The van der Waals surface area contributed by atoms with Gasteiger partial charge in [0.15, 0.2) is 0 Å². The molecule has 1 heterocycles. The number of rotatable bonds is 9. The molecule has 0 bridgehead atoms. The number of nitrogens with zero attached hydrogens (tertiary/aromatic N) is 1. The van der Waals surface area contributed by atoms with Gasteiger partial charge >= 0.3 is 6.03 Å². The third-order valence-corrected chi connectivity index (χ3v) is 5.30. The smallest absolute Gasteiger partial charge is 0.325 e. The minimum Gasteiger partial charge on any atom is -0.497 e. The maximum Gasteiger partial charge on any atom is 0.325 e. The van der Waals surface area contributed by atoms with E-state index in [1.807, 2.05) is 44.2 Å². The van der Waals surface area contributed by atoms with E-state index in [-0.39, 0.29) is 18.6 Å². The SMILES string of the molecule is COc1ccc2cc([C@]3(C)NC(=O)N(CC(=O)NCCCOC(C)C)C3=O)ccc2c1. The molecule has 0 unspecified atom stereocenters. The van der Waals surface area contributed by atoms with E-state index in [1.54, 1.807) is 20.1 Å². The third-order valence-electron chi connectivity index (χ3n) is 5.30. The maximum atomic E-state index is 13.1. The molecule has 1 saturated heterocycles. The molecule has 0 spiro atoms. The first-order chi connectivity index (χ1) is 14.7. The number of fused-ring (bicyclic) bond motifs is 1. The standard InChI is InChI=1S/C23H29N3O5/c1-15(2)31-11-5-10-24-20(27)14-26-21(28)23(3,25-22(26)29)18-8-6-17-13-19(30-4)9-7-16(17)12-18/h6-9,12-13,15H,5,10-11,14H2,1-4H3,(H,24,27)(H,25,29)/t23-/m0/s1. The van der Waals surface area contributed by atoms with Crippen LogP contribution in [-0.2, 0) is 19.9 Å². The van der Waals surface area contributed by atoms with Gasteiger partial charge in [0.25, 0.3) is 5.91 Å². The van der Waals surface area contributed by atoms with Gasteiger partial charge in [0, 0.05) is 13.2 Å². The van der Waals surface area contributed by atoms with Crippen LogP contribution in [0.3, 0.4) is 0 Å². The van der Waals surface area contributed by atoms with Gasteiger partial charge in [0.1, 0.15) is 17.8 Å². The van der Waals surface area contributed by atoms with Crippen molar-refractivity contribution in [3.05, 3.63) is 42.0 Å². The van der Waals surface area contributed by atoms with Crippen LogP contribution in [-0.4, -0.2) is 55.7 Å². The van der Waals surface area contributed by atoms with Gasteiger partial charge in [-0.3, -0.25) is 14.5 Å². The Bertz CT molecular complexity index is 990. The Labute approximate surface area is 181 Å². The Morgan fingerprint density at radius 2 is 1.87 bits per heavy atom. The van der Waals surface area contributed by atoms with Crippen molar-refractivity contribution in [3.8, 4) is 5.75 Å². The fourth-order valence-corrected chi connectivity index (χ4v) is 3.52. The number of ether oxygens (including phenoxy) is 2. The predicted octanol–water partition coefficient (Wildman–Crippen LogP) is 2.55. The molecule has 0 aromatic heterocycles. The Kier molecular flexibility index (Phi) is 6.80. The number of amides is 4. The number of urea groups is 1. The van der Waals surface area contributed by atoms with Crippen LogP contribution in [0.4, 0.5) is 4.79 Å². The maximum absolute atomic E-state index is 13.1. The van der Waals surface area contributed by atoms with E-state index < -0.39 is 17.5 Å². The molecule has 0 aliphatic carbocycles. The molecule has 0 radical (unpaired) electrons. The van der Waals surface area contributed by atoms with E-state index in [0.29, 0.717) is 25.1 Å². The van der Waals surface area contributed by atoms with E-state index in [1.165, 1.54) is 0 Å². The van der Waals surface area contributed by atoms with Gasteiger partial charge < -0.3 is 20.1 Å². The van der Waals surface area contributed by atoms with Crippen LogP contribution >= 0.6 is 0 Å². The monoisotopic (exact) mass is 427 g/mol. The van der Waals surface area contributed by atoms with E-state index in [4.69, 9.17) is 9.47 Å². The molecule has 1 fully saturated rings. The average Bonchev–Trinajstić information content (AvgIpc) is 2.96. The molecule has 1 aliphatic rings. The summed E-state index contributed by atoms with van der Waals surface area (Å²) in [5.41, 5.74) is -0.589. The summed E-state index contributed by atoms with van der Waals surface area (Å²) in [5, 5.41) is 7.34. The van der Waals surface area contributed by atoms with E-state index >= 15 is 0 Å². The van der Waals surface area contributed by atoms with Gasteiger partial charge in [-0.15, -0.1) is 0 Å². The van der Waals surface area contributed by atoms with Crippen molar-refractivity contribution < 1.29 is 23.9 Å². The first kappa shape index (κ1) is 22.6. The van der Waals surface area contributed by atoms with Gasteiger partial charge in [-0.2, -0.15) is 0 Å². The molecule has 1 aliphatic heterocycles. The highest BCUT2D eigenvalue weighted by atomic mass is 16.5. The van der Waals surface area contributed by atoms with E-state index in [9.17, 15) is 14.4 Å². The Morgan fingerprint density at radius 1 is 1.16 bits per heavy atom. The van der Waals surface area contributed by atoms with Crippen LogP contribution in [0, 0.1) is 0 Å². The van der Waals surface area contributed by atoms with Gasteiger partial charge in [-0.05, 0) is 61.7 Å². The fourth-order valence-electron chi connectivity index (χ4n) is 3.52. The summed E-state index contributed by atoms with van der Waals surface area (Å²) >= 11 is 0. The van der Waals surface area contributed by atoms with Crippen LogP contribution in [0.25, 0.3) is 10.8 Å². The largest absolute Gasteiger partial charge is 0.497 e. The third kappa shape index (κ3) is 4.96. The quantitative estimate of drug-likeness (QED) is 0.474. The second kappa shape index (κ2) is 9.34. The summed E-state index contributed by atoms with van der Waals surface area (Å²) in [6.07, 6.45) is 0.792. The number of carbonyl (C=O) groups is 3. The van der Waals surface area contributed by atoms with Crippen LogP contribution in [0.5, 0.6) is 5.75 Å². The molecule has 31 heavy (non-hydrogen) atoms. The topological polar surface area (TPSA) is 97.0 Å². The zero-order chi connectivity index (χ0) is 22.6. The first-order valence-corrected chi connectivity index (χ1v) is 10.4. The molecule has 2 aromatic rings. The lowest BCUT2D eigenvalue weighted by Crippen LogP contribution is -2.43. The highest BCUT2D eigenvalue weighted by Gasteiger charge is 2.49. The van der Waals surface area contributed by atoms with Crippen molar-refractivity contribution in [1.82, 2.24) is 15.5 Å². The van der Waals surface area contributed by atoms with Crippen molar-refractivity contribution in [2.75, 3.05) is 26.8 Å². The second-order valence-electron chi connectivity index (χ2n) is 8.00. The molecule has 3 rings (SSSR count). The number of hydrogen-bond acceptors (Lipinski definition) is 5. The zero-order valence-corrected chi connectivity index (χ0v) is 18.4. The molecular weight excluding hydrogens is 398 g/mol. The molecule has 8 nitrogen and oxygen atoms in total. The number of hydrogen-bond donors (Lipinski definition) is 2. The predicted molar refractivity (Wildman–Crippen MR) is 117 cm³/mol. The van der Waals surface area contributed by atoms with Gasteiger partial charge in [-0.25, -0.2) is 4.79 Å². The summed E-state index contributed by atoms with van der Waals surface area (Å²) in [6, 6.07) is 10.6. The van der Waals surface area contributed by atoms with E-state index in [2.05, 4.69) is 10.6 Å². The molecule has 8 heteroatoms. The summed E-state index contributed by atoms with van der Waals surface area (Å²) in [7, 11) is 1.60. The van der Waals surface area contributed by atoms with Crippen molar-refractivity contribution in [3.63, 3.8) is 0 Å². The molecule has 0 saturated carbocycles. The van der Waals surface area contributed by atoms with E-state index in [0.717, 1.165) is 21.4 Å². The second-order valence-corrected chi connectivity index (χ2v) is 8.00. The zero-order valence-electron chi connectivity index (χ0n) is 18.4. The van der Waals surface area contributed by atoms with Crippen molar-refractivity contribution in [2.45, 2.75) is 38.8 Å². The first-order valence-electron chi connectivity index (χ1n) is 10.4. The molecule has 1 atom stereocenters. The number of nitrogens with one attached hydrogen (secondary N) is 2. The van der Waals surface area contributed by atoms with Crippen LogP contribution in [0.2, 0.25) is 0 Å². The molecule has 166 valence electrons. The summed E-state index contributed by atoms with van der Waals surface area (Å²) in [6.45, 7) is 6.17. The Morgan fingerprint density at radius 3 is 2.58 bits per heavy atom. The number of imide groups is 1. The number of methoxy groups -OCH3 is 1. The number of carbonyl (C=O) groups excluding carboxylic acids is 3. The normalized spacial score (nSPS) is 18.5. The molecule has 4 amide bonds. The van der Waals surface area contributed by atoms with Crippen molar-refractivity contribution in [1.29, 1.82) is 0 Å². The Balaban J connectivity index is 1.67. The Hall–Kier alpha value is -3.13. The average molecular weight is 428 g/mol.